The van der Waals surface area contributed by atoms with Crippen molar-refractivity contribution >= 4 is 16.9 Å². The Kier molecular flexibility index (Phi) is 3.34. The van der Waals surface area contributed by atoms with Crippen LogP contribution >= 0.6 is 0 Å². The molecular weight excluding hydrogens is 238 g/mol. The van der Waals surface area contributed by atoms with Gasteiger partial charge in [0.15, 0.2) is 0 Å². The fraction of sp³-hybridized carbons (Fsp3) is 0.467. The number of aliphatic hydroxyl groups excluding tert-OH is 1. The lowest BCUT2D eigenvalue weighted by Crippen LogP contribution is -2.14. The number of hydrogen-bond acceptors (Lipinski definition) is 4. The molecule has 1 fully saturated rings. The van der Waals surface area contributed by atoms with Gasteiger partial charge in [-0.15, -0.1) is 0 Å². The average molecular weight is 257 g/mol. The first kappa shape index (κ1) is 12.4. The summed E-state index contributed by atoms with van der Waals surface area (Å²) in [7, 11) is 0. The van der Waals surface area contributed by atoms with Gasteiger partial charge in [0.25, 0.3) is 0 Å². The van der Waals surface area contributed by atoms with E-state index in [1.807, 2.05) is 31.2 Å². The van der Waals surface area contributed by atoms with E-state index >= 15 is 0 Å². The Morgan fingerprint density at radius 3 is 2.63 bits per heavy atom. The van der Waals surface area contributed by atoms with Gasteiger partial charge in [-0.2, -0.15) is 0 Å². The molecule has 1 aliphatic rings. The molecule has 1 saturated carbocycles. The molecule has 0 saturated heterocycles. The fourth-order valence-corrected chi connectivity index (χ4v) is 2.73. The van der Waals surface area contributed by atoms with E-state index in [1.165, 1.54) is 0 Å². The van der Waals surface area contributed by atoms with E-state index in [9.17, 15) is 5.11 Å². The van der Waals surface area contributed by atoms with Crippen molar-refractivity contribution in [3.05, 3.63) is 30.0 Å². The molecule has 100 valence electrons. The van der Waals surface area contributed by atoms with Crippen LogP contribution in [0.1, 0.15) is 25.0 Å². The number of benzene rings is 1. The Bertz CT molecular complexity index is 585. The molecule has 0 radical (unpaired) electrons. The monoisotopic (exact) mass is 257 g/mol. The summed E-state index contributed by atoms with van der Waals surface area (Å²) in [4.78, 5) is 9.18. The molecule has 1 aliphatic carbocycles. The first-order valence-corrected chi connectivity index (χ1v) is 6.87. The van der Waals surface area contributed by atoms with E-state index in [4.69, 9.17) is 0 Å². The van der Waals surface area contributed by atoms with Crippen LogP contribution in [0.2, 0.25) is 0 Å². The third-order valence-corrected chi connectivity index (χ3v) is 3.82. The zero-order valence-corrected chi connectivity index (χ0v) is 11.1. The highest BCUT2D eigenvalue weighted by atomic mass is 16.3. The Balaban J connectivity index is 1.75. The van der Waals surface area contributed by atoms with Crippen molar-refractivity contribution in [1.82, 2.24) is 9.97 Å². The number of nitrogens with one attached hydrogen (secondary N) is 1. The molecule has 1 aromatic heterocycles. The van der Waals surface area contributed by atoms with Crippen molar-refractivity contribution in [2.24, 2.45) is 5.92 Å². The second-order valence-corrected chi connectivity index (χ2v) is 5.36. The second kappa shape index (κ2) is 5.13. The highest BCUT2D eigenvalue weighted by molar-refractivity contribution is 5.76. The maximum atomic E-state index is 9.54. The van der Waals surface area contributed by atoms with Gasteiger partial charge < -0.3 is 10.4 Å². The predicted molar refractivity (Wildman–Crippen MR) is 76.1 cm³/mol. The summed E-state index contributed by atoms with van der Waals surface area (Å²) in [5.74, 6) is 1.41. The smallest absolute Gasteiger partial charge is 0.148 e. The first-order valence-electron chi connectivity index (χ1n) is 6.87. The minimum Gasteiger partial charge on any atom is -0.393 e. The molecule has 0 spiro atoms. The molecule has 2 unspecified atom stereocenters. The molecule has 0 bridgehead atoms. The lowest BCUT2D eigenvalue weighted by molar-refractivity contribution is 0.178. The molecule has 4 heteroatoms. The second-order valence-electron chi connectivity index (χ2n) is 5.36. The standard InChI is InChI=1S/C15H19N3O/c1-10-15(16-9-11-6-7-12(19)8-11)18-14-5-3-2-4-13(14)17-10/h2-5,11-12,19H,6-9H2,1H3,(H,16,18). The van der Waals surface area contributed by atoms with Crippen LogP contribution in [0.4, 0.5) is 5.82 Å². The minimum atomic E-state index is -0.115. The van der Waals surface area contributed by atoms with Crippen LogP contribution in [0.3, 0.4) is 0 Å². The Morgan fingerprint density at radius 1 is 1.21 bits per heavy atom. The first-order chi connectivity index (χ1) is 9.22. The van der Waals surface area contributed by atoms with Gasteiger partial charge in [-0.1, -0.05) is 12.1 Å². The number of aliphatic hydroxyl groups is 1. The maximum absolute atomic E-state index is 9.54. The molecule has 2 N–H and O–H groups in total. The Morgan fingerprint density at radius 2 is 1.95 bits per heavy atom. The van der Waals surface area contributed by atoms with Crippen LogP contribution in [0.15, 0.2) is 24.3 Å². The molecule has 1 aromatic carbocycles. The van der Waals surface area contributed by atoms with Crippen LogP contribution in [0.5, 0.6) is 0 Å². The number of anilines is 1. The molecule has 2 atom stereocenters. The van der Waals surface area contributed by atoms with E-state index in [1.54, 1.807) is 0 Å². The van der Waals surface area contributed by atoms with Gasteiger partial charge in [-0.25, -0.2) is 9.97 Å². The van der Waals surface area contributed by atoms with Crippen molar-refractivity contribution in [1.29, 1.82) is 0 Å². The normalized spacial score (nSPS) is 22.8. The van der Waals surface area contributed by atoms with Gasteiger partial charge in [-0.3, -0.25) is 0 Å². The van der Waals surface area contributed by atoms with Gasteiger partial charge in [0.2, 0.25) is 0 Å². The summed E-state index contributed by atoms with van der Waals surface area (Å²) in [6.45, 7) is 2.84. The van der Waals surface area contributed by atoms with Crippen molar-refractivity contribution in [2.45, 2.75) is 32.3 Å². The zero-order valence-electron chi connectivity index (χ0n) is 11.1. The van der Waals surface area contributed by atoms with Gasteiger partial charge >= 0.3 is 0 Å². The minimum absolute atomic E-state index is 0.115. The largest absolute Gasteiger partial charge is 0.393 e. The summed E-state index contributed by atoms with van der Waals surface area (Å²) < 4.78 is 0. The molecule has 1 heterocycles. The molecule has 19 heavy (non-hydrogen) atoms. The highest BCUT2D eigenvalue weighted by Gasteiger charge is 2.22. The molecule has 0 aliphatic heterocycles. The van der Waals surface area contributed by atoms with E-state index in [0.717, 1.165) is 48.4 Å². The summed E-state index contributed by atoms with van der Waals surface area (Å²) in [5.41, 5.74) is 2.78. The van der Waals surface area contributed by atoms with Crippen LogP contribution in [-0.2, 0) is 0 Å². The number of para-hydroxylation sites is 2. The maximum Gasteiger partial charge on any atom is 0.148 e. The molecule has 3 rings (SSSR count). The number of nitrogens with zero attached hydrogens (tertiary/aromatic N) is 2. The summed E-state index contributed by atoms with van der Waals surface area (Å²) in [6, 6.07) is 7.91. The SMILES string of the molecule is Cc1nc2ccccc2nc1NCC1CCC(O)C1. The van der Waals surface area contributed by atoms with Crippen LogP contribution in [0.25, 0.3) is 11.0 Å². The zero-order chi connectivity index (χ0) is 13.2. The fourth-order valence-electron chi connectivity index (χ4n) is 2.73. The van der Waals surface area contributed by atoms with Crippen molar-refractivity contribution in [2.75, 3.05) is 11.9 Å². The Hall–Kier alpha value is -1.68. The quantitative estimate of drug-likeness (QED) is 0.887. The summed E-state index contributed by atoms with van der Waals surface area (Å²) in [5, 5.41) is 12.9. The molecular formula is C15H19N3O. The number of hydrogen-bond donors (Lipinski definition) is 2. The van der Waals surface area contributed by atoms with Gasteiger partial charge in [-0.05, 0) is 44.2 Å². The number of aryl methyl sites for hydroxylation is 1. The van der Waals surface area contributed by atoms with E-state index in [0.29, 0.717) is 5.92 Å². The molecule has 2 aromatic rings. The van der Waals surface area contributed by atoms with E-state index in [-0.39, 0.29) is 6.10 Å². The number of fused-ring (bicyclic) bond motifs is 1. The van der Waals surface area contributed by atoms with Crippen LogP contribution in [-0.4, -0.2) is 27.7 Å². The van der Waals surface area contributed by atoms with Crippen molar-refractivity contribution in [3.63, 3.8) is 0 Å². The highest BCUT2D eigenvalue weighted by Crippen LogP contribution is 2.26. The van der Waals surface area contributed by atoms with Crippen LogP contribution in [0, 0.1) is 12.8 Å². The summed E-state index contributed by atoms with van der Waals surface area (Å²) >= 11 is 0. The average Bonchev–Trinajstić information content (AvgIpc) is 2.82. The third-order valence-electron chi connectivity index (χ3n) is 3.82. The third kappa shape index (κ3) is 2.68. The topological polar surface area (TPSA) is 58.0 Å². The summed E-state index contributed by atoms with van der Waals surface area (Å²) in [6.07, 6.45) is 2.80. The van der Waals surface area contributed by atoms with E-state index < -0.39 is 0 Å². The molecule has 0 amide bonds. The van der Waals surface area contributed by atoms with Gasteiger partial charge in [0.05, 0.1) is 22.8 Å². The van der Waals surface area contributed by atoms with Gasteiger partial charge in [0.1, 0.15) is 5.82 Å². The van der Waals surface area contributed by atoms with Crippen LogP contribution < -0.4 is 5.32 Å². The van der Waals surface area contributed by atoms with Crippen molar-refractivity contribution in [3.8, 4) is 0 Å². The predicted octanol–water partition coefficient (Wildman–Crippen LogP) is 2.51. The molecule has 4 nitrogen and oxygen atoms in total. The lowest BCUT2D eigenvalue weighted by Gasteiger charge is -2.13. The number of aromatic nitrogens is 2. The van der Waals surface area contributed by atoms with Crippen molar-refractivity contribution < 1.29 is 5.11 Å². The van der Waals surface area contributed by atoms with E-state index in [2.05, 4.69) is 15.3 Å². The van der Waals surface area contributed by atoms with Gasteiger partial charge in [0, 0.05) is 6.54 Å². The number of rotatable bonds is 3. The lowest BCUT2D eigenvalue weighted by atomic mass is 10.1. The Labute approximate surface area is 112 Å².